The van der Waals surface area contributed by atoms with Crippen LogP contribution in [0.25, 0.3) is 11.4 Å². The minimum Gasteiger partial charge on any atom is -0.379 e. The summed E-state index contributed by atoms with van der Waals surface area (Å²) in [6, 6.07) is 18.7. The van der Waals surface area contributed by atoms with Gasteiger partial charge in [-0.15, -0.1) is 10.2 Å². The van der Waals surface area contributed by atoms with Gasteiger partial charge in [-0.2, -0.15) is 9.57 Å². The van der Waals surface area contributed by atoms with Crippen molar-refractivity contribution in [1.82, 2.24) is 19.1 Å². The standard InChI is InChI=1S/C22H23N5O3S2/c1-17(18-6-3-2-4-7-18)27-21(24-25-22(27)31-15-10-23)19-8-5-9-20(16-19)32(28,29)26-11-13-30-14-12-26/h2-9,16-17H,11-15H2,1H3. The van der Waals surface area contributed by atoms with Crippen LogP contribution < -0.4 is 0 Å². The molecule has 2 aromatic carbocycles. The number of morpholine rings is 1. The van der Waals surface area contributed by atoms with Crippen molar-refractivity contribution >= 4 is 21.8 Å². The van der Waals surface area contributed by atoms with E-state index in [4.69, 9.17) is 10.00 Å². The summed E-state index contributed by atoms with van der Waals surface area (Å²) in [7, 11) is -3.64. The molecule has 8 nitrogen and oxygen atoms in total. The van der Waals surface area contributed by atoms with Gasteiger partial charge >= 0.3 is 0 Å². The van der Waals surface area contributed by atoms with E-state index in [1.165, 1.54) is 16.1 Å². The fourth-order valence-electron chi connectivity index (χ4n) is 3.63. The highest BCUT2D eigenvalue weighted by molar-refractivity contribution is 7.99. The quantitative estimate of drug-likeness (QED) is 0.490. The molecule has 1 aromatic heterocycles. The molecule has 10 heteroatoms. The van der Waals surface area contributed by atoms with E-state index in [0.717, 1.165) is 5.56 Å². The van der Waals surface area contributed by atoms with Crippen molar-refractivity contribution in [3.05, 3.63) is 60.2 Å². The fraction of sp³-hybridized carbons (Fsp3) is 0.318. The van der Waals surface area contributed by atoms with Crippen LogP contribution in [0.4, 0.5) is 0 Å². The highest BCUT2D eigenvalue weighted by Gasteiger charge is 2.27. The molecule has 0 saturated carbocycles. The first-order valence-corrected chi connectivity index (χ1v) is 12.6. The second-order valence-electron chi connectivity index (χ2n) is 7.25. The molecular weight excluding hydrogens is 446 g/mol. The Hall–Kier alpha value is -2.71. The third kappa shape index (κ3) is 4.56. The molecule has 0 N–H and O–H groups in total. The largest absolute Gasteiger partial charge is 0.379 e. The monoisotopic (exact) mass is 469 g/mol. The summed E-state index contributed by atoms with van der Waals surface area (Å²) >= 11 is 1.31. The van der Waals surface area contributed by atoms with E-state index >= 15 is 0 Å². The van der Waals surface area contributed by atoms with Crippen molar-refractivity contribution in [3.8, 4) is 17.5 Å². The number of sulfonamides is 1. The van der Waals surface area contributed by atoms with Crippen molar-refractivity contribution in [3.63, 3.8) is 0 Å². The molecule has 166 valence electrons. The molecule has 1 aliphatic heterocycles. The first kappa shape index (κ1) is 22.5. The topological polar surface area (TPSA) is 101 Å². The summed E-state index contributed by atoms with van der Waals surface area (Å²) in [4.78, 5) is 0.213. The van der Waals surface area contributed by atoms with Crippen LogP contribution in [0.1, 0.15) is 18.5 Å². The smallest absolute Gasteiger partial charge is 0.243 e. The molecule has 1 aliphatic rings. The second kappa shape index (κ2) is 9.83. The van der Waals surface area contributed by atoms with Crippen LogP contribution in [-0.4, -0.2) is 59.5 Å². The molecule has 1 saturated heterocycles. The van der Waals surface area contributed by atoms with Gasteiger partial charge in [0.15, 0.2) is 11.0 Å². The summed E-state index contributed by atoms with van der Waals surface area (Å²) in [5.74, 6) is 0.797. The summed E-state index contributed by atoms with van der Waals surface area (Å²) in [6.45, 7) is 3.49. The average Bonchev–Trinajstić information content (AvgIpc) is 3.27. The van der Waals surface area contributed by atoms with Crippen LogP contribution in [0.5, 0.6) is 0 Å². The molecule has 0 amide bonds. The minimum atomic E-state index is -3.64. The molecule has 1 unspecified atom stereocenters. The van der Waals surface area contributed by atoms with E-state index in [0.29, 0.717) is 42.8 Å². The van der Waals surface area contributed by atoms with Crippen LogP contribution in [0.3, 0.4) is 0 Å². The van der Waals surface area contributed by atoms with Crippen molar-refractivity contribution in [2.24, 2.45) is 0 Å². The van der Waals surface area contributed by atoms with E-state index < -0.39 is 10.0 Å². The number of ether oxygens (including phenoxy) is 1. The maximum absolute atomic E-state index is 13.1. The van der Waals surface area contributed by atoms with Gasteiger partial charge < -0.3 is 4.74 Å². The first-order valence-electron chi connectivity index (χ1n) is 10.2. The molecule has 2 heterocycles. The number of nitriles is 1. The lowest BCUT2D eigenvalue weighted by Gasteiger charge is -2.26. The average molecular weight is 470 g/mol. The Morgan fingerprint density at radius 3 is 2.59 bits per heavy atom. The van der Waals surface area contributed by atoms with Gasteiger partial charge in [-0.05, 0) is 24.6 Å². The lowest BCUT2D eigenvalue weighted by atomic mass is 10.1. The third-order valence-electron chi connectivity index (χ3n) is 5.30. The Morgan fingerprint density at radius 1 is 1.12 bits per heavy atom. The summed E-state index contributed by atoms with van der Waals surface area (Å²) in [5, 5.41) is 18.3. The zero-order valence-electron chi connectivity index (χ0n) is 17.6. The fourth-order valence-corrected chi connectivity index (χ4v) is 5.76. The lowest BCUT2D eigenvalue weighted by molar-refractivity contribution is 0.0730. The highest BCUT2D eigenvalue weighted by atomic mass is 32.2. The van der Waals surface area contributed by atoms with Gasteiger partial charge in [0, 0.05) is 18.7 Å². The highest BCUT2D eigenvalue weighted by Crippen LogP contribution is 2.32. The maximum Gasteiger partial charge on any atom is 0.243 e. The summed E-state index contributed by atoms with van der Waals surface area (Å²) < 4.78 is 35.0. The summed E-state index contributed by atoms with van der Waals surface area (Å²) in [5.41, 5.74) is 1.71. The van der Waals surface area contributed by atoms with E-state index in [9.17, 15) is 8.42 Å². The molecule has 1 fully saturated rings. The number of aromatic nitrogens is 3. The van der Waals surface area contributed by atoms with Crippen molar-refractivity contribution in [2.45, 2.75) is 23.0 Å². The zero-order chi connectivity index (χ0) is 22.6. The molecule has 3 aromatic rings. The Balaban J connectivity index is 1.76. The molecule has 0 spiro atoms. The predicted molar refractivity (Wildman–Crippen MR) is 122 cm³/mol. The van der Waals surface area contributed by atoms with Gasteiger partial charge in [-0.3, -0.25) is 4.57 Å². The van der Waals surface area contributed by atoms with E-state index in [1.807, 2.05) is 47.9 Å². The van der Waals surface area contributed by atoms with Gasteiger partial charge in [-0.1, -0.05) is 54.2 Å². The Morgan fingerprint density at radius 2 is 1.88 bits per heavy atom. The van der Waals surface area contributed by atoms with E-state index in [1.54, 1.807) is 18.2 Å². The van der Waals surface area contributed by atoms with Crippen molar-refractivity contribution in [1.29, 1.82) is 5.26 Å². The third-order valence-corrected chi connectivity index (χ3v) is 8.00. The van der Waals surface area contributed by atoms with Gasteiger partial charge in [0.25, 0.3) is 0 Å². The number of rotatable bonds is 7. The molecular formula is C22H23N5O3S2. The molecule has 32 heavy (non-hydrogen) atoms. The van der Waals surface area contributed by atoms with Crippen LogP contribution in [0, 0.1) is 11.3 Å². The van der Waals surface area contributed by atoms with Gasteiger partial charge in [0.1, 0.15) is 0 Å². The van der Waals surface area contributed by atoms with E-state index in [-0.39, 0.29) is 16.7 Å². The van der Waals surface area contributed by atoms with Crippen molar-refractivity contribution in [2.75, 3.05) is 32.1 Å². The molecule has 0 radical (unpaired) electrons. The number of hydrogen-bond acceptors (Lipinski definition) is 7. The van der Waals surface area contributed by atoms with Gasteiger partial charge in [-0.25, -0.2) is 8.42 Å². The predicted octanol–water partition coefficient (Wildman–Crippen LogP) is 3.19. The maximum atomic E-state index is 13.1. The van der Waals surface area contributed by atoms with Gasteiger partial charge in [0.2, 0.25) is 10.0 Å². The Kier molecular flexibility index (Phi) is 6.91. The number of hydrogen-bond donors (Lipinski definition) is 0. The normalized spacial score (nSPS) is 15.9. The molecule has 1 atom stereocenters. The van der Waals surface area contributed by atoms with Crippen LogP contribution in [-0.2, 0) is 14.8 Å². The summed E-state index contributed by atoms with van der Waals surface area (Å²) in [6.07, 6.45) is 0. The Labute approximate surface area is 191 Å². The minimum absolute atomic E-state index is 0.109. The number of thioether (sulfide) groups is 1. The zero-order valence-corrected chi connectivity index (χ0v) is 19.2. The molecule has 0 aliphatic carbocycles. The van der Waals surface area contributed by atoms with Gasteiger partial charge in [0.05, 0.1) is 36.0 Å². The van der Waals surface area contributed by atoms with Crippen molar-refractivity contribution < 1.29 is 13.2 Å². The lowest BCUT2D eigenvalue weighted by Crippen LogP contribution is -2.40. The van der Waals surface area contributed by atoms with E-state index in [2.05, 4.69) is 16.3 Å². The van der Waals surface area contributed by atoms with Crippen LogP contribution >= 0.6 is 11.8 Å². The SMILES string of the molecule is CC(c1ccccc1)n1c(SCC#N)nnc1-c1cccc(S(=O)(=O)N2CCOCC2)c1. The second-order valence-corrected chi connectivity index (χ2v) is 10.1. The van der Waals surface area contributed by atoms with Crippen LogP contribution in [0.2, 0.25) is 0 Å². The molecule has 4 rings (SSSR count). The number of nitrogens with zero attached hydrogens (tertiary/aromatic N) is 5. The first-order chi connectivity index (χ1) is 15.5. The number of benzene rings is 2. The van der Waals surface area contributed by atoms with Crippen LogP contribution in [0.15, 0.2) is 64.6 Å². The Bertz CT molecular complexity index is 1220. The molecule has 0 bridgehead atoms.